The van der Waals surface area contributed by atoms with Gasteiger partial charge in [-0.05, 0) is 153 Å². The number of guanidine groups is 1. The molecule has 16 atom stereocenters. The molecule has 148 heavy (non-hydrogen) atoms. The number of hydrogen-bond acceptors (Lipinski definition) is 23. The Morgan fingerprint density at radius 3 is 1.35 bits per heavy atom. The van der Waals surface area contributed by atoms with E-state index in [4.69, 9.17) is 11.1 Å². The van der Waals surface area contributed by atoms with Crippen molar-refractivity contribution in [1.29, 1.82) is 5.41 Å². The number of aromatic amines is 1. The highest BCUT2D eigenvalue weighted by atomic mass is 32.2. The number of aliphatic hydroxyl groups is 1. The van der Waals surface area contributed by atoms with Crippen LogP contribution in [0.25, 0.3) is 10.9 Å². The Balaban J connectivity index is 1.33. The van der Waals surface area contributed by atoms with Gasteiger partial charge in [-0.25, -0.2) is 0 Å². The number of para-hydroxylation sites is 1. The number of Topliss-reactive ketones (excluding diaryl/α,β-unsaturated/α-hetero) is 1. The Hall–Kier alpha value is -13.5. The lowest BCUT2D eigenvalue weighted by Gasteiger charge is -2.34. The van der Waals surface area contributed by atoms with Crippen LogP contribution in [0, 0.1) is 46.8 Å². The summed E-state index contributed by atoms with van der Waals surface area (Å²) in [5, 5.41) is 69.2. The summed E-state index contributed by atoms with van der Waals surface area (Å²) in [6.45, 7) is 16.3. The molecule has 4 heterocycles. The minimum absolute atomic E-state index is 0.000276. The average molecular weight is 2110 g/mol. The lowest BCUT2D eigenvalue weighted by Crippen LogP contribution is -2.62. The fraction of sp³-hybridized carbons (Fsp3) is 0.596. The van der Waals surface area contributed by atoms with E-state index in [9.17, 15) is 89.3 Å². The number of thioether (sulfide) groups is 1. The van der Waals surface area contributed by atoms with Crippen molar-refractivity contribution in [2.75, 3.05) is 44.8 Å². The first-order valence-corrected chi connectivity index (χ1v) is 50.9. The normalized spacial score (nSPS) is 24.5. The molecule has 7 rings (SSSR count). The summed E-state index contributed by atoms with van der Waals surface area (Å²) in [5.41, 5.74) is 7.58. The molecule has 0 aliphatic carbocycles. The van der Waals surface area contributed by atoms with Crippen LogP contribution in [-0.2, 0) is 110 Å². The molecule has 1 aromatic heterocycles. The summed E-state index contributed by atoms with van der Waals surface area (Å²) in [4.78, 5) is 283. The van der Waals surface area contributed by atoms with E-state index in [0.717, 1.165) is 0 Å². The van der Waals surface area contributed by atoms with Crippen LogP contribution in [0.1, 0.15) is 183 Å². The first-order valence-electron chi connectivity index (χ1n) is 49.5. The average Bonchev–Trinajstić information content (AvgIpc) is 1.64. The molecular weight excluding hydrogens is 1970 g/mol. The number of aromatic nitrogens is 1. The number of nitrogens with zero attached hydrogens (tertiary/aromatic N) is 2. The van der Waals surface area contributed by atoms with Gasteiger partial charge in [-0.1, -0.05) is 144 Å². The van der Waals surface area contributed by atoms with Gasteiger partial charge in [-0.2, -0.15) is 38.1 Å². The number of nitrogens with two attached hydrogens (primary N) is 1. The number of halogens is 6. The van der Waals surface area contributed by atoms with E-state index in [1.54, 1.807) is 114 Å². The predicted molar refractivity (Wildman–Crippen MR) is 531 cm³/mol. The van der Waals surface area contributed by atoms with Crippen molar-refractivity contribution in [3.63, 3.8) is 0 Å². The molecule has 3 aliphatic rings. The number of fused-ring (bicyclic) bond motifs is 3. The van der Waals surface area contributed by atoms with Crippen LogP contribution in [0.2, 0.25) is 0 Å². The Labute approximate surface area is 857 Å². The number of alkyl halides is 6. The van der Waals surface area contributed by atoms with Gasteiger partial charge >= 0.3 is 24.2 Å². The molecule has 3 saturated heterocycles. The Morgan fingerprint density at radius 2 is 0.851 bits per heavy atom. The van der Waals surface area contributed by atoms with E-state index in [0.29, 0.717) is 27.6 Å². The first-order chi connectivity index (χ1) is 69.6. The molecule has 0 bridgehead atoms. The van der Waals surface area contributed by atoms with Gasteiger partial charge in [0.25, 0.3) is 0 Å². The quantitative estimate of drug-likeness (QED) is 0.0166. The molecule has 22 N–H and O–H groups in total. The second-order valence-electron chi connectivity index (χ2n) is 39.4. The molecule has 42 nitrogen and oxygen atoms in total. The van der Waals surface area contributed by atoms with E-state index in [1.807, 2.05) is 0 Å². The first kappa shape index (κ1) is 121. The molecule has 3 aromatic carbocycles. The fourth-order valence-corrected chi connectivity index (χ4v) is 17.7. The molecule has 0 spiro atoms. The number of phenolic OH excluding ortho intramolecular Hbond substituents is 1. The minimum Gasteiger partial charge on any atom is -0.508 e. The van der Waals surface area contributed by atoms with Crippen LogP contribution in [0.5, 0.6) is 5.75 Å². The van der Waals surface area contributed by atoms with E-state index < -0.39 is 321 Å². The number of aromatic hydroxyl groups is 1. The summed E-state index contributed by atoms with van der Waals surface area (Å²) in [6, 6.07) is -3.78. The molecule has 0 saturated carbocycles. The highest BCUT2D eigenvalue weighted by molar-refractivity contribution is 7.98. The zero-order chi connectivity index (χ0) is 110. The SMILES string of the molecule is CSCC[C@@H]1NC(=O)[C@@H](C(C)C)NC(=O)[C@H](C(C)C)NC(=O)[C@H](Cc2ccc(O)cc2)NC(=O)[C@H](Cc2ccccc2)NC(=O)[C@H](CCCNC(=N)NC(=O)C(F)(F)F)NC(=O)[C@H](CC(N)=O)NC(=O)[C@H](C(C)C)NC(=O)[C@H](C(C)C)NC(=O)[C@H](CCCCNC(=O)C(F)(F)F)NC(=O)[C@H](C(C)C)NC(=O)[C@H](CO)CC(=O)[C@H](CC(C)C)NC(=O)[C@@H]2CCCN2C(=O)[C@H]2CCCN2C(=O)[C@H](Cc2c[nH]c3ccccc23)NC1=O. The number of unbranched alkanes of at least 4 members (excludes halogenated alkanes) is 1. The minimum atomic E-state index is -5.45. The lowest BCUT2D eigenvalue weighted by molar-refractivity contribution is -0.173. The Kier molecular flexibility index (Phi) is 46.9. The summed E-state index contributed by atoms with van der Waals surface area (Å²) < 4.78 is 79.9. The number of nitrogens with one attached hydrogen (secondary N) is 18. The van der Waals surface area contributed by atoms with Crippen LogP contribution in [-0.4, -0.2) is 291 Å². The van der Waals surface area contributed by atoms with Crippen LogP contribution >= 0.6 is 11.8 Å². The zero-order valence-electron chi connectivity index (χ0n) is 85.1. The van der Waals surface area contributed by atoms with Gasteiger partial charge in [0, 0.05) is 69.0 Å². The van der Waals surface area contributed by atoms with Gasteiger partial charge in [-0.15, -0.1) is 0 Å². The standard InChI is InChI=1S/C99H141F6N21O21S/c1-50(2)42-66-73(129)46-59(49-127)80(131)119-75(51(3)4)88(139)112-63(28-19-20-37-108-95(146)98(100,101)102)83(134)120-78(54(9)10)91(142)123-77(53(7)8)90(141)117-69(47-74(106)130)85(136)111-64(29-21-38-109-97(107)124-96(147)99(103,104)105)81(132)115-67(43-56-24-15-14-16-25-56)84(135)116-68(44-57-32-34-60(128)35-33-57)86(137)121-79(55(11)12)92(143)122-76(52(5)6)89(140)113-65(36-41-148-13)82(133)118-70(45-58-48-110-62-27-18-17-26-61(58)62)93(144)126-40-23-31-72(126)94(145)125-39-22-30-71(125)87(138)114-66/h14-18,24-27,32-35,48,50-55,59,63-72,75-79,110,127-128H,19-23,28-31,36-47,49H2,1-13H3,(H2,106,130)(H,108,146)(H,111,136)(H,112,139)(H,113,140)(H,114,138)(H,115,132)(H,116,135)(H,117,141)(H,118,133)(H,119,131)(H,120,134)(H,121,137)(H,122,143)(H,123,142)(H3,107,109,124,147)/t59-,63-,64-,65-,66-,67-,68-,69-,70-,71-,72+,75-,76+,77-,78-,79-/m0/s1. The monoisotopic (exact) mass is 2110 g/mol. The third-order valence-corrected chi connectivity index (χ3v) is 26.1. The third-order valence-electron chi connectivity index (χ3n) is 25.5. The number of benzene rings is 3. The number of carbonyl (C=O) groups is 19. The zero-order valence-corrected chi connectivity index (χ0v) is 86.0. The highest BCUT2D eigenvalue weighted by Gasteiger charge is 2.48. The second kappa shape index (κ2) is 57.1. The van der Waals surface area contributed by atoms with Crippen molar-refractivity contribution >= 4 is 141 Å². The van der Waals surface area contributed by atoms with Gasteiger partial charge in [-0.3, -0.25) is 102 Å². The topological polar surface area (TPSA) is 629 Å². The fourth-order valence-electron chi connectivity index (χ4n) is 17.3. The van der Waals surface area contributed by atoms with Crippen LogP contribution in [0.3, 0.4) is 0 Å². The van der Waals surface area contributed by atoms with Gasteiger partial charge < -0.3 is 110 Å². The molecule has 3 aliphatic heterocycles. The van der Waals surface area contributed by atoms with E-state index in [-0.39, 0.29) is 88.3 Å². The summed E-state index contributed by atoms with van der Waals surface area (Å²) >= 11 is 1.31. The maximum atomic E-state index is 15.7. The number of rotatable bonds is 28. The molecule has 0 unspecified atom stereocenters. The number of phenols is 1. The van der Waals surface area contributed by atoms with Crippen molar-refractivity contribution in [2.45, 2.75) is 289 Å². The highest BCUT2D eigenvalue weighted by Crippen LogP contribution is 2.30. The largest absolute Gasteiger partial charge is 0.508 e. The maximum Gasteiger partial charge on any atom is 0.471 e. The number of aliphatic hydroxyl groups excluding tert-OH is 1. The number of ketones is 1. The molecule has 4 aromatic rings. The van der Waals surface area contributed by atoms with Crippen molar-refractivity contribution in [2.24, 2.45) is 47.2 Å². The smallest absolute Gasteiger partial charge is 0.471 e. The van der Waals surface area contributed by atoms with Crippen molar-refractivity contribution < 1.29 is 128 Å². The van der Waals surface area contributed by atoms with E-state index in [1.165, 1.54) is 92.7 Å². The molecule has 3 fully saturated rings. The predicted octanol–water partition coefficient (Wildman–Crippen LogP) is 1.55. The molecule has 816 valence electrons. The van der Waals surface area contributed by atoms with Crippen molar-refractivity contribution in [3.05, 3.63) is 102 Å². The lowest BCUT2D eigenvalue weighted by atomic mass is 9.92. The Morgan fingerprint density at radius 1 is 0.446 bits per heavy atom. The van der Waals surface area contributed by atoms with Crippen molar-refractivity contribution in [1.82, 2.24) is 99.9 Å². The summed E-state index contributed by atoms with van der Waals surface area (Å²) in [5.74, 6) is -29.7. The van der Waals surface area contributed by atoms with E-state index >= 15 is 38.4 Å². The summed E-state index contributed by atoms with van der Waals surface area (Å²) in [7, 11) is 0. The molecule has 49 heteroatoms. The van der Waals surface area contributed by atoms with E-state index in [2.05, 4.69) is 79.4 Å². The van der Waals surface area contributed by atoms with Crippen LogP contribution in [0.15, 0.2) is 85.1 Å². The maximum absolute atomic E-state index is 15.7. The van der Waals surface area contributed by atoms with Gasteiger partial charge in [0.05, 0.1) is 25.0 Å². The number of hydrogen-bond donors (Lipinski definition) is 21. The van der Waals surface area contributed by atoms with Gasteiger partial charge in [0.2, 0.25) is 94.5 Å². The molecular formula is C99H141F6N21O21S. The van der Waals surface area contributed by atoms with Gasteiger partial charge in [0.15, 0.2) is 11.7 Å². The van der Waals surface area contributed by atoms with Crippen LogP contribution in [0.4, 0.5) is 26.3 Å². The third kappa shape index (κ3) is 36.8. The van der Waals surface area contributed by atoms with Gasteiger partial charge in [0.1, 0.15) is 90.3 Å². The molecule has 18 amide bonds. The number of H-pyrrole nitrogens is 1. The number of carbonyl (C=O) groups excluding carboxylic acids is 19. The second-order valence-corrected chi connectivity index (χ2v) is 40.4. The number of amides is 18. The van der Waals surface area contributed by atoms with Crippen LogP contribution < -0.4 is 90.8 Å². The summed E-state index contributed by atoms with van der Waals surface area (Å²) in [6.07, 6.45) is -11.5. The molecule has 0 radical (unpaired) electrons. The van der Waals surface area contributed by atoms with Crippen molar-refractivity contribution in [3.8, 4) is 5.75 Å². The number of primary amides is 1. The Bertz CT molecular complexity index is 5320.